The molecule has 25 heavy (non-hydrogen) atoms. The highest BCUT2D eigenvalue weighted by atomic mass is 19.1. The maximum absolute atomic E-state index is 13.0. The summed E-state index contributed by atoms with van der Waals surface area (Å²) in [5.41, 5.74) is 0.143. The van der Waals surface area contributed by atoms with E-state index in [1.54, 1.807) is 24.3 Å². The summed E-state index contributed by atoms with van der Waals surface area (Å²) in [7, 11) is 1.48. The van der Waals surface area contributed by atoms with Gasteiger partial charge in [-0.2, -0.15) is 5.10 Å². The van der Waals surface area contributed by atoms with E-state index in [0.717, 1.165) is 0 Å². The van der Waals surface area contributed by atoms with Gasteiger partial charge in [0.2, 0.25) is 5.43 Å². The van der Waals surface area contributed by atoms with Crippen LogP contribution in [0.5, 0.6) is 5.75 Å². The number of carbonyl (C=O) groups is 1. The molecule has 0 aliphatic heterocycles. The smallest absolute Gasteiger partial charge is 0.280 e. The number of hydrogen-bond acceptors (Lipinski definition) is 4. The third-order valence-electron chi connectivity index (χ3n) is 3.47. The van der Waals surface area contributed by atoms with Gasteiger partial charge in [-0.15, -0.1) is 0 Å². The van der Waals surface area contributed by atoms with Gasteiger partial charge in [0.05, 0.1) is 18.5 Å². The number of hydrogen-bond donors (Lipinski definition) is 1. The standard InChI is InChI=1S/C18H14FN3O3/c1-25-16-5-3-2-4-14(16)20-18(24)17-15(23)10-11-22(21-17)13-8-6-12(19)7-9-13/h2-11H,1H3,(H,20,24). The van der Waals surface area contributed by atoms with Crippen LogP contribution in [0, 0.1) is 5.82 Å². The van der Waals surface area contributed by atoms with Crippen LogP contribution in [-0.4, -0.2) is 22.8 Å². The molecule has 1 heterocycles. The van der Waals surface area contributed by atoms with Crippen LogP contribution >= 0.6 is 0 Å². The zero-order valence-electron chi connectivity index (χ0n) is 13.3. The first kappa shape index (κ1) is 16.4. The van der Waals surface area contributed by atoms with Crippen molar-refractivity contribution in [2.45, 2.75) is 0 Å². The third kappa shape index (κ3) is 3.55. The number of rotatable bonds is 4. The van der Waals surface area contributed by atoms with Gasteiger partial charge in [0.25, 0.3) is 5.91 Å². The monoisotopic (exact) mass is 339 g/mol. The minimum absolute atomic E-state index is 0.280. The molecule has 3 aromatic rings. The number of nitrogens with one attached hydrogen (secondary N) is 1. The lowest BCUT2D eigenvalue weighted by atomic mass is 10.2. The van der Waals surface area contributed by atoms with Crippen molar-refractivity contribution in [2.24, 2.45) is 0 Å². The molecule has 0 aliphatic carbocycles. The Morgan fingerprint density at radius 2 is 1.84 bits per heavy atom. The Balaban J connectivity index is 1.93. The van der Waals surface area contributed by atoms with E-state index in [4.69, 9.17) is 4.74 Å². The first-order chi connectivity index (χ1) is 12.1. The van der Waals surface area contributed by atoms with Crippen LogP contribution in [0.25, 0.3) is 5.69 Å². The molecule has 2 aromatic carbocycles. The van der Waals surface area contributed by atoms with Gasteiger partial charge < -0.3 is 10.1 Å². The number of carbonyl (C=O) groups excluding carboxylic acids is 1. The number of amides is 1. The number of benzene rings is 2. The average Bonchev–Trinajstić information content (AvgIpc) is 2.63. The molecule has 1 amide bonds. The first-order valence-electron chi connectivity index (χ1n) is 7.39. The van der Waals surface area contributed by atoms with E-state index in [9.17, 15) is 14.0 Å². The van der Waals surface area contributed by atoms with Crippen molar-refractivity contribution in [3.8, 4) is 11.4 Å². The van der Waals surface area contributed by atoms with Crippen LogP contribution in [0.4, 0.5) is 10.1 Å². The van der Waals surface area contributed by atoms with Crippen molar-refractivity contribution in [1.29, 1.82) is 0 Å². The van der Waals surface area contributed by atoms with Gasteiger partial charge in [-0.1, -0.05) is 12.1 Å². The summed E-state index contributed by atoms with van der Waals surface area (Å²) in [6, 6.07) is 13.6. The number of aromatic nitrogens is 2. The largest absolute Gasteiger partial charge is 0.495 e. The molecule has 0 atom stereocenters. The number of anilines is 1. The van der Waals surface area contributed by atoms with Crippen LogP contribution in [-0.2, 0) is 0 Å². The van der Waals surface area contributed by atoms with Gasteiger partial charge in [-0.05, 0) is 36.4 Å². The van der Waals surface area contributed by atoms with Gasteiger partial charge in [-0.3, -0.25) is 9.59 Å². The predicted octanol–water partition coefficient (Wildman–Crippen LogP) is 2.63. The Hall–Kier alpha value is -3.48. The average molecular weight is 339 g/mol. The third-order valence-corrected chi connectivity index (χ3v) is 3.47. The molecular formula is C18H14FN3O3. The molecule has 1 aromatic heterocycles. The van der Waals surface area contributed by atoms with Gasteiger partial charge in [0.1, 0.15) is 11.6 Å². The molecule has 7 heteroatoms. The Morgan fingerprint density at radius 1 is 1.12 bits per heavy atom. The second kappa shape index (κ2) is 6.96. The molecule has 0 saturated carbocycles. The van der Waals surface area contributed by atoms with Crippen molar-refractivity contribution in [3.63, 3.8) is 0 Å². The van der Waals surface area contributed by atoms with E-state index in [-0.39, 0.29) is 11.5 Å². The van der Waals surface area contributed by atoms with Crippen molar-refractivity contribution < 1.29 is 13.9 Å². The molecule has 0 spiro atoms. The maximum atomic E-state index is 13.0. The number of para-hydroxylation sites is 2. The normalized spacial score (nSPS) is 10.3. The molecule has 126 valence electrons. The van der Waals surface area contributed by atoms with Crippen molar-refractivity contribution in [1.82, 2.24) is 9.78 Å². The Labute approximate surface area is 142 Å². The number of methoxy groups -OCH3 is 1. The summed E-state index contributed by atoms with van der Waals surface area (Å²) in [4.78, 5) is 24.5. The quantitative estimate of drug-likeness (QED) is 0.793. The zero-order chi connectivity index (χ0) is 17.8. The van der Waals surface area contributed by atoms with Crippen molar-refractivity contribution in [3.05, 3.63) is 82.5 Å². The second-order valence-corrected chi connectivity index (χ2v) is 5.10. The molecule has 0 fully saturated rings. The molecule has 0 unspecified atom stereocenters. The van der Waals surface area contributed by atoms with Crippen molar-refractivity contribution in [2.75, 3.05) is 12.4 Å². The Bertz CT molecular complexity index is 968. The number of halogens is 1. The Morgan fingerprint density at radius 3 is 2.56 bits per heavy atom. The zero-order valence-corrected chi connectivity index (χ0v) is 13.3. The predicted molar refractivity (Wildman–Crippen MR) is 90.7 cm³/mol. The molecule has 3 rings (SSSR count). The topological polar surface area (TPSA) is 73.2 Å². The minimum atomic E-state index is -0.661. The fourth-order valence-corrected chi connectivity index (χ4v) is 2.23. The molecule has 0 bridgehead atoms. The summed E-state index contributed by atoms with van der Waals surface area (Å²) < 4.78 is 19.5. The fraction of sp³-hybridized carbons (Fsp3) is 0.0556. The Kier molecular flexibility index (Phi) is 4.56. The van der Waals surface area contributed by atoms with Crippen LogP contribution in [0.3, 0.4) is 0 Å². The van der Waals surface area contributed by atoms with Crippen LogP contribution < -0.4 is 15.5 Å². The summed E-state index contributed by atoms with van der Waals surface area (Å²) in [6.07, 6.45) is 1.41. The highest BCUT2D eigenvalue weighted by Crippen LogP contribution is 2.23. The van der Waals surface area contributed by atoms with E-state index >= 15 is 0 Å². The summed E-state index contributed by atoms with van der Waals surface area (Å²) in [5.74, 6) is -0.587. The summed E-state index contributed by atoms with van der Waals surface area (Å²) in [6.45, 7) is 0. The van der Waals surface area contributed by atoms with Gasteiger partial charge in [0.15, 0.2) is 5.69 Å². The summed E-state index contributed by atoms with van der Waals surface area (Å²) >= 11 is 0. The molecule has 1 N–H and O–H groups in total. The fourth-order valence-electron chi connectivity index (χ4n) is 2.23. The second-order valence-electron chi connectivity index (χ2n) is 5.10. The number of nitrogens with zero attached hydrogens (tertiary/aromatic N) is 2. The van der Waals surface area contributed by atoms with Crippen LogP contribution in [0.15, 0.2) is 65.6 Å². The number of ether oxygens (including phenoxy) is 1. The van der Waals surface area contributed by atoms with Gasteiger partial charge >= 0.3 is 0 Å². The highest BCUT2D eigenvalue weighted by Gasteiger charge is 2.15. The first-order valence-corrected chi connectivity index (χ1v) is 7.39. The molecular weight excluding hydrogens is 325 g/mol. The molecule has 0 aliphatic rings. The van der Waals surface area contributed by atoms with Crippen LogP contribution in [0.1, 0.15) is 10.5 Å². The van der Waals surface area contributed by atoms with Crippen molar-refractivity contribution >= 4 is 11.6 Å². The SMILES string of the molecule is COc1ccccc1NC(=O)c1nn(-c2ccc(F)cc2)ccc1=O. The summed E-state index contributed by atoms with van der Waals surface area (Å²) in [5, 5.41) is 6.66. The molecule has 0 saturated heterocycles. The lowest BCUT2D eigenvalue weighted by molar-refractivity contribution is 0.101. The molecule has 6 nitrogen and oxygen atoms in total. The van der Waals surface area contributed by atoms with E-state index in [1.165, 1.54) is 48.3 Å². The van der Waals surface area contributed by atoms with E-state index in [1.807, 2.05) is 0 Å². The lowest BCUT2D eigenvalue weighted by Crippen LogP contribution is -2.25. The van der Waals surface area contributed by atoms with Gasteiger partial charge in [-0.25, -0.2) is 9.07 Å². The lowest BCUT2D eigenvalue weighted by Gasteiger charge is -2.10. The van der Waals surface area contributed by atoms with E-state index in [0.29, 0.717) is 17.1 Å². The van der Waals surface area contributed by atoms with E-state index < -0.39 is 11.3 Å². The van der Waals surface area contributed by atoms with E-state index in [2.05, 4.69) is 10.4 Å². The van der Waals surface area contributed by atoms with Gasteiger partial charge in [0, 0.05) is 12.3 Å². The molecule has 0 radical (unpaired) electrons. The minimum Gasteiger partial charge on any atom is -0.495 e. The van der Waals surface area contributed by atoms with Crippen LogP contribution in [0.2, 0.25) is 0 Å². The highest BCUT2D eigenvalue weighted by molar-refractivity contribution is 6.03. The maximum Gasteiger partial charge on any atom is 0.280 e.